The molecule has 0 unspecified atom stereocenters. The van der Waals surface area contributed by atoms with Gasteiger partial charge in [0.1, 0.15) is 6.04 Å². The van der Waals surface area contributed by atoms with Gasteiger partial charge in [-0.15, -0.1) is 0 Å². The third kappa shape index (κ3) is 19.0. The molecule has 1 amide bonds. The third-order valence-corrected chi connectivity index (χ3v) is 4.60. The van der Waals surface area contributed by atoms with Gasteiger partial charge in [0.05, 0.1) is 0 Å². The SMILES string of the molecule is CCCCC/C=C\C/C=C\CCCCCCCCCC(=O)N[C@@H](C)C(=O)O. The molecule has 2 N–H and O–H groups in total. The van der Waals surface area contributed by atoms with E-state index >= 15 is 0 Å². The highest BCUT2D eigenvalue weighted by atomic mass is 16.4. The molecule has 156 valence electrons. The Balaban J connectivity index is 3.32. The molecule has 0 spiro atoms. The van der Waals surface area contributed by atoms with Gasteiger partial charge in [0.2, 0.25) is 5.91 Å². The van der Waals surface area contributed by atoms with Crippen LogP contribution in [0.5, 0.6) is 0 Å². The van der Waals surface area contributed by atoms with Crippen molar-refractivity contribution in [3.05, 3.63) is 24.3 Å². The van der Waals surface area contributed by atoms with Crippen molar-refractivity contribution in [2.24, 2.45) is 0 Å². The van der Waals surface area contributed by atoms with E-state index in [-0.39, 0.29) is 5.91 Å². The quantitative estimate of drug-likeness (QED) is 0.221. The molecular weight excluding hydrogens is 338 g/mol. The van der Waals surface area contributed by atoms with Gasteiger partial charge in [-0.3, -0.25) is 9.59 Å². The van der Waals surface area contributed by atoms with Crippen molar-refractivity contribution in [3.8, 4) is 0 Å². The van der Waals surface area contributed by atoms with Crippen LogP contribution in [0.2, 0.25) is 0 Å². The average molecular weight is 380 g/mol. The highest BCUT2D eigenvalue weighted by molar-refractivity contribution is 5.83. The van der Waals surface area contributed by atoms with Crippen molar-refractivity contribution in [1.29, 1.82) is 0 Å². The topological polar surface area (TPSA) is 66.4 Å². The van der Waals surface area contributed by atoms with E-state index in [1.54, 1.807) is 0 Å². The van der Waals surface area contributed by atoms with Gasteiger partial charge in [0.25, 0.3) is 0 Å². The number of carbonyl (C=O) groups excluding carboxylic acids is 1. The minimum absolute atomic E-state index is 0.160. The number of rotatable bonds is 18. The summed E-state index contributed by atoms with van der Waals surface area (Å²) in [5.41, 5.74) is 0. The second-order valence-corrected chi connectivity index (χ2v) is 7.32. The number of carboxylic acid groups (broad SMARTS) is 1. The summed E-state index contributed by atoms with van der Waals surface area (Å²) in [4.78, 5) is 22.2. The van der Waals surface area contributed by atoms with Gasteiger partial charge in [0, 0.05) is 6.42 Å². The molecular formula is C23H41NO3. The number of unbranched alkanes of at least 4 members (excludes halogenated alkanes) is 10. The predicted molar refractivity (Wildman–Crippen MR) is 114 cm³/mol. The number of hydrogen-bond acceptors (Lipinski definition) is 2. The van der Waals surface area contributed by atoms with Gasteiger partial charge < -0.3 is 10.4 Å². The Labute approximate surface area is 166 Å². The largest absolute Gasteiger partial charge is 0.480 e. The zero-order chi connectivity index (χ0) is 20.2. The first kappa shape index (κ1) is 25.4. The van der Waals surface area contributed by atoms with Gasteiger partial charge >= 0.3 is 5.97 Å². The normalized spacial score (nSPS) is 12.7. The van der Waals surface area contributed by atoms with Crippen molar-refractivity contribution < 1.29 is 14.7 Å². The minimum Gasteiger partial charge on any atom is -0.480 e. The lowest BCUT2D eigenvalue weighted by molar-refractivity contribution is -0.141. The molecule has 0 aliphatic rings. The maximum absolute atomic E-state index is 11.5. The number of hydrogen-bond donors (Lipinski definition) is 2. The molecule has 4 nitrogen and oxygen atoms in total. The number of carboxylic acids is 1. The Morgan fingerprint density at radius 3 is 1.89 bits per heavy atom. The van der Waals surface area contributed by atoms with Crippen LogP contribution in [0.25, 0.3) is 0 Å². The maximum Gasteiger partial charge on any atom is 0.325 e. The van der Waals surface area contributed by atoms with Crippen LogP contribution in [0.4, 0.5) is 0 Å². The second-order valence-electron chi connectivity index (χ2n) is 7.32. The first-order valence-corrected chi connectivity index (χ1v) is 10.9. The third-order valence-electron chi connectivity index (χ3n) is 4.60. The van der Waals surface area contributed by atoms with Crippen LogP contribution in [0.15, 0.2) is 24.3 Å². The van der Waals surface area contributed by atoms with Crippen LogP contribution in [-0.2, 0) is 9.59 Å². The fourth-order valence-corrected chi connectivity index (χ4v) is 2.83. The van der Waals surface area contributed by atoms with E-state index in [2.05, 4.69) is 36.5 Å². The van der Waals surface area contributed by atoms with Gasteiger partial charge in [-0.2, -0.15) is 0 Å². The summed E-state index contributed by atoms with van der Waals surface area (Å²) >= 11 is 0. The maximum atomic E-state index is 11.5. The number of amides is 1. The summed E-state index contributed by atoms with van der Waals surface area (Å²) in [6, 6.07) is -0.798. The van der Waals surface area contributed by atoms with E-state index in [0.717, 1.165) is 25.7 Å². The Morgan fingerprint density at radius 2 is 1.33 bits per heavy atom. The van der Waals surface area contributed by atoms with Crippen LogP contribution in [-0.4, -0.2) is 23.0 Å². The van der Waals surface area contributed by atoms with Gasteiger partial charge in [-0.1, -0.05) is 76.2 Å². The highest BCUT2D eigenvalue weighted by Crippen LogP contribution is 2.10. The summed E-state index contributed by atoms with van der Waals surface area (Å²) in [7, 11) is 0. The predicted octanol–water partition coefficient (Wildman–Crippen LogP) is 6.17. The zero-order valence-electron chi connectivity index (χ0n) is 17.5. The first-order chi connectivity index (χ1) is 13.1. The van der Waals surface area contributed by atoms with Crippen molar-refractivity contribution in [3.63, 3.8) is 0 Å². The molecule has 0 aromatic carbocycles. The first-order valence-electron chi connectivity index (χ1n) is 10.9. The summed E-state index contributed by atoms with van der Waals surface area (Å²) in [5, 5.41) is 11.2. The monoisotopic (exact) mass is 379 g/mol. The van der Waals surface area contributed by atoms with E-state index in [1.165, 1.54) is 64.7 Å². The molecule has 0 aromatic heterocycles. The molecule has 0 bridgehead atoms. The molecule has 0 heterocycles. The molecule has 0 aliphatic heterocycles. The highest BCUT2D eigenvalue weighted by Gasteiger charge is 2.12. The zero-order valence-corrected chi connectivity index (χ0v) is 17.5. The van der Waals surface area contributed by atoms with E-state index in [0.29, 0.717) is 6.42 Å². The molecule has 27 heavy (non-hydrogen) atoms. The minimum atomic E-state index is -0.989. The fraction of sp³-hybridized carbons (Fsp3) is 0.739. The molecule has 0 aliphatic carbocycles. The van der Waals surface area contributed by atoms with Crippen LogP contribution < -0.4 is 5.32 Å². The Kier molecular flexibility index (Phi) is 18.1. The Bertz CT molecular complexity index is 429. The lowest BCUT2D eigenvalue weighted by Gasteiger charge is -2.08. The number of nitrogens with one attached hydrogen (secondary N) is 1. The standard InChI is InChI=1S/C23H41NO3/c1-3-4-5-6-7-8-9-10-11-12-13-14-15-16-17-18-19-20-22(25)24-21(2)23(26)27/h7-8,10-11,21H,3-6,9,12-20H2,1-2H3,(H,24,25)(H,26,27)/b8-7-,11-10-/t21-/m0/s1. The lowest BCUT2D eigenvalue weighted by atomic mass is 10.1. The van der Waals surface area contributed by atoms with Gasteiger partial charge in [0.15, 0.2) is 0 Å². The van der Waals surface area contributed by atoms with E-state index in [1.807, 2.05) is 0 Å². The van der Waals surface area contributed by atoms with Crippen LogP contribution in [0.1, 0.15) is 104 Å². The Hall–Kier alpha value is -1.58. The summed E-state index contributed by atoms with van der Waals surface area (Å²) in [6.07, 6.45) is 25.0. The molecule has 0 fully saturated rings. The fourth-order valence-electron chi connectivity index (χ4n) is 2.83. The summed E-state index contributed by atoms with van der Waals surface area (Å²) in [6.45, 7) is 3.72. The molecule has 0 rings (SSSR count). The molecule has 4 heteroatoms. The number of carbonyl (C=O) groups is 2. The molecule has 1 atom stereocenters. The van der Waals surface area contributed by atoms with Gasteiger partial charge in [-0.25, -0.2) is 0 Å². The summed E-state index contributed by atoms with van der Waals surface area (Å²) < 4.78 is 0. The lowest BCUT2D eigenvalue weighted by Crippen LogP contribution is -2.38. The van der Waals surface area contributed by atoms with Crippen molar-refractivity contribution in [2.75, 3.05) is 0 Å². The van der Waals surface area contributed by atoms with Crippen molar-refractivity contribution in [2.45, 2.75) is 110 Å². The molecule has 0 aromatic rings. The van der Waals surface area contributed by atoms with Gasteiger partial charge in [-0.05, 0) is 45.4 Å². The van der Waals surface area contributed by atoms with Crippen molar-refractivity contribution in [1.82, 2.24) is 5.32 Å². The Morgan fingerprint density at radius 1 is 0.815 bits per heavy atom. The van der Waals surface area contributed by atoms with Crippen LogP contribution in [0, 0.1) is 0 Å². The van der Waals surface area contributed by atoms with Crippen LogP contribution in [0.3, 0.4) is 0 Å². The number of aliphatic carboxylic acids is 1. The smallest absolute Gasteiger partial charge is 0.325 e. The van der Waals surface area contributed by atoms with E-state index in [9.17, 15) is 9.59 Å². The molecule has 0 radical (unpaired) electrons. The summed E-state index contributed by atoms with van der Waals surface area (Å²) in [5.74, 6) is -1.15. The van der Waals surface area contributed by atoms with Crippen molar-refractivity contribution >= 4 is 11.9 Å². The number of allylic oxidation sites excluding steroid dienone is 4. The second kappa shape index (κ2) is 19.2. The molecule has 0 saturated heterocycles. The van der Waals surface area contributed by atoms with E-state index < -0.39 is 12.0 Å². The van der Waals surface area contributed by atoms with E-state index in [4.69, 9.17) is 5.11 Å². The molecule has 0 saturated carbocycles. The average Bonchev–Trinajstić information content (AvgIpc) is 2.64. The van der Waals surface area contributed by atoms with Crippen LogP contribution >= 0.6 is 0 Å².